The van der Waals surface area contributed by atoms with E-state index in [0.29, 0.717) is 5.38 Å². The minimum Gasteiger partial charge on any atom is -0.305 e. The smallest absolute Gasteiger partial charge is 0.0320 e. The van der Waals surface area contributed by atoms with Gasteiger partial charge in [0.1, 0.15) is 0 Å². The van der Waals surface area contributed by atoms with E-state index >= 15 is 0 Å². The van der Waals surface area contributed by atoms with Gasteiger partial charge >= 0.3 is 0 Å². The van der Waals surface area contributed by atoms with Crippen molar-refractivity contribution in [2.75, 3.05) is 39.8 Å². The molecule has 0 spiro atoms. The Morgan fingerprint density at radius 1 is 1.07 bits per heavy atom. The highest BCUT2D eigenvalue weighted by Crippen LogP contribution is 2.01. The van der Waals surface area contributed by atoms with Crippen LogP contribution in [0.25, 0.3) is 0 Å². The molecular weight excluding hydrogens is 196 g/mol. The van der Waals surface area contributed by atoms with Crippen LogP contribution in [0.4, 0.5) is 0 Å². The fourth-order valence-corrected chi connectivity index (χ4v) is 1.46. The zero-order valence-electron chi connectivity index (χ0n) is 10.1. The molecule has 0 aliphatic rings. The summed E-state index contributed by atoms with van der Waals surface area (Å²) in [6.07, 6.45) is 1.08. The highest BCUT2D eigenvalue weighted by molar-refractivity contribution is 6.20. The minimum atomic E-state index is 0.297. The zero-order valence-corrected chi connectivity index (χ0v) is 10.8. The van der Waals surface area contributed by atoms with E-state index in [9.17, 15) is 0 Å². The summed E-state index contributed by atoms with van der Waals surface area (Å²) in [4.78, 5) is 4.80. The Morgan fingerprint density at radius 3 is 2.07 bits per heavy atom. The number of rotatable bonds is 8. The lowest BCUT2D eigenvalue weighted by atomic mass is 10.3. The number of hydrogen-bond donors (Lipinski definition) is 0. The molecule has 0 saturated heterocycles. The van der Waals surface area contributed by atoms with Crippen LogP contribution in [0.2, 0.25) is 0 Å². The first kappa shape index (κ1) is 14.2. The van der Waals surface area contributed by atoms with E-state index in [2.05, 4.69) is 37.6 Å². The molecule has 0 rings (SSSR count). The van der Waals surface area contributed by atoms with Gasteiger partial charge in [0.15, 0.2) is 0 Å². The molecule has 0 bridgehead atoms. The molecule has 0 aliphatic carbocycles. The average Bonchev–Trinajstić information content (AvgIpc) is 2.16. The molecule has 86 valence electrons. The van der Waals surface area contributed by atoms with Crippen LogP contribution >= 0.6 is 11.6 Å². The molecular formula is C11H25ClN2. The second-order valence-corrected chi connectivity index (χ2v) is 4.64. The molecule has 2 nitrogen and oxygen atoms in total. The molecule has 0 radical (unpaired) electrons. The summed E-state index contributed by atoms with van der Waals surface area (Å²) >= 11 is 5.90. The molecule has 14 heavy (non-hydrogen) atoms. The standard InChI is InChI=1S/C11H25ClN2/c1-5-14(6-2)10-9-13(4)8-7-11(3)12/h11H,5-10H2,1-4H3. The van der Waals surface area contributed by atoms with E-state index in [-0.39, 0.29) is 0 Å². The summed E-state index contributed by atoms with van der Waals surface area (Å²) < 4.78 is 0. The molecule has 1 unspecified atom stereocenters. The molecule has 3 heteroatoms. The predicted molar refractivity (Wildman–Crippen MR) is 65.2 cm³/mol. The van der Waals surface area contributed by atoms with Gasteiger partial charge in [0, 0.05) is 18.5 Å². The molecule has 0 aliphatic heterocycles. The molecule has 0 amide bonds. The highest BCUT2D eigenvalue weighted by atomic mass is 35.5. The third-order valence-electron chi connectivity index (χ3n) is 2.60. The number of alkyl halides is 1. The predicted octanol–water partition coefficient (Wildman–Crippen LogP) is 2.28. The Kier molecular flexibility index (Phi) is 8.64. The molecule has 0 heterocycles. The molecule has 0 aromatic rings. The first-order chi connectivity index (χ1) is 6.60. The summed E-state index contributed by atoms with van der Waals surface area (Å²) in [5.74, 6) is 0. The first-order valence-corrected chi connectivity index (χ1v) is 6.08. The van der Waals surface area contributed by atoms with Gasteiger partial charge in [0.25, 0.3) is 0 Å². The van der Waals surface area contributed by atoms with Gasteiger partial charge in [-0.2, -0.15) is 0 Å². The molecule has 0 saturated carbocycles. The van der Waals surface area contributed by atoms with Gasteiger partial charge in [-0.25, -0.2) is 0 Å². The Morgan fingerprint density at radius 2 is 1.64 bits per heavy atom. The summed E-state index contributed by atoms with van der Waals surface area (Å²) in [7, 11) is 2.17. The fraction of sp³-hybridized carbons (Fsp3) is 1.00. The number of hydrogen-bond acceptors (Lipinski definition) is 2. The van der Waals surface area contributed by atoms with E-state index < -0.39 is 0 Å². The molecule has 1 atom stereocenters. The topological polar surface area (TPSA) is 6.48 Å². The van der Waals surface area contributed by atoms with Gasteiger partial charge in [-0.3, -0.25) is 0 Å². The van der Waals surface area contributed by atoms with E-state index in [1.807, 2.05) is 0 Å². The average molecular weight is 221 g/mol. The Hall–Kier alpha value is 0.210. The second kappa shape index (κ2) is 8.51. The molecule has 0 fully saturated rings. The zero-order chi connectivity index (χ0) is 11.0. The maximum atomic E-state index is 5.90. The summed E-state index contributed by atoms with van der Waals surface area (Å²) in [5, 5.41) is 0.297. The van der Waals surface area contributed by atoms with Crippen molar-refractivity contribution >= 4 is 11.6 Å². The maximum absolute atomic E-state index is 5.90. The van der Waals surface area contributed by atoms with Gasteiger partial charge in [0.05, 0.1) is 0 Å². The van der Waals surface area contributed by atoms with Gasteiger partial charge < -0.3 is 9.80 Å². The molecule has 0 N–H and O–H groups in total. The van der Waals surface area contributed by atoms with Crippen LogP contribution in [0.15, 0.2) is 0 Å². The lowest BCUT2D eigenvalue weighted by Gasteiger charge is -2.23. The maximum Gasteiger partial charge on any atom is 0.0320 e. The summed E-state index contributed by atoms with van der Waals surface area (Å²) in [6, 6.07) is 0. The number of nitrogens with zero attached hydrogens (tertiary/aromatic N) is 2. The van der Waals surface area contributed by atoms with E-state index in [0.717, 1.165) is 32.6 Å². The van der Waals surface area contributed by atoms with Crippen molar-refractivity contribution in [1.82, 2.24) is 9.80 Å². The Labute approximate surface area is 94.2 Å². The van der Waals surface area contributed by atoms with Crippen LogP contribution < -0.4 is 0 Å². The highest BCUT2D eigenvalue weighted by Gasteiger charge is 2.03. The minimum absolute atomic E-state index is 0.297. The van der Waals surface area contributed by atoms with Gasteiger partial charge in [-0.15, -0.1) is 11.6 Å². The summed E-state index contributed by atoms with van der Waals surface area (Å²) in [5.41, 5.74) is 0. The largest absolute Gasteiger partial charge is 0.305 e. The van der Waals surface area contributed by atoms with Crippen molar-refractivity contribution in [1.29, 1.82) is 0 Å². The number of halogens is 1. The van der Waals surface area contributed by atoms with E-state index in [1.165, 1.54) is 6.54 Å². The quantitative estimate of drug-likeness (QED) is 0.580. The second-order valence-electron chi connectivity index (χ2n) is 3.90. The third-order valence-corrected chi connectivity index (χ3v) is 2.82. The fourth-order valence-electron chi connectivity index (χ4n) is 1.36. The lowest BCUT2D eigenvalue weighted by molar-refractivity contribution is 0.239. The van der Waals surface area contributed by atoms with Crippen molar-refractivity contribution in [3.63, 3.8) is 0 Å². The van der Waals surface area contributed by atoms with E-state index in [4.69, 9.17) is 11.6 Å². The van der Waals surface area contributed by atoms with Crippen LogP contribution in [0, 0.1) is 0 Å². The van der Waals surface area contributed by atoms with Crippen molar-refractivity contribution in [2.24, 2.45) is 0 Å². The van der Waals surface area contributed by atoms with Crippen molar-refractivity contribution < 1.29 is 0 Å². The van der Waals surface area contributed by atoms with Gasteiger partial charge in [0.2, 0.25) is 0 Å². The Bertz CT molecular complexity index is 124. The van der Waals surface area contributed by atoms with Crippen LogP contribution in [-0.4, -0.2) is 54.9 Å². The monoisotopic (exact) mass is 220 g/mol. The van der Waals surface area contributed by atoms with Crippen molar-refractivity contribution in [2.45, 2.75) is 32.6 Å². The number of likely N-dealkylation sites (N-methyl/N-ethyl adjacent to an activating group) is 2. The first-order valence-electron chi connectivity index (χ1n) is 5.65. The molecule has 0 aromatic carbocycles. The SMILES string of the molecule is CCN(CC)CCN(C)CCC(C)Cl. The van der Waals surface area contributed by atoms with Crippen molar-refractivity contribution in [3.05, 3.63) is 0 Å². The van der Waals surface area contributed by atoms with Gasteiger partial charge in [-0.05, 0) is 40.0 Å². The lowest BCUT2D eigenvalue weighted by Crippen LogP contribution is -2.33. The molecule has 0 aromatic heterocycles. The Balaban J connectivity index is 3.46. The van der Waals surface area contributed by atoms with Crippen LogP contribution in [0.1, 0.15) is 27.2 Å². The van der Waals surface area contributed by atoms with Crippen LogP contribution in [0.5, 0.6) is 0 Å². The van der Waals surface area contributed by atoms with E-state index in [1.54, 1.807) is 0 Å². The normalized spacial score (nSPS) is 13.9. The summed E-state index contributed by atoms with van der Waals surface area (Å²) in [6.45, 7) is 12.2. The third kappa shape index (κ3) is 7.60. The van der Waals surface area contributed by atoms with Crippen LogP contribution in [-0.2, 0) is 0 Å². The van der Waals surface area contributed by atoms with Crippen LogP contribution in [0.3, 0.4) is 0 Å². The van der Waals surface area contributed by atoms with Gasteiger partial charge in [-0.1, -0.05) is 13.8 Å². The van der Waals surface area contributed by atoms with Crippen molar-refractivity contribution in [3.8, 4) is 0 Å².